The summed E-state index contributed by atoms with van der Waals surface area (Å²) in [5.41, 5.74) is 2.20. The fourth-order valence-electron chi connectivity index (χ4n) is 3.67. The van der Waals surface area contributed by atoms with Gasteiger partial charge in [-0.3, -0.25) is 4.79 Å². The first-order valence-electron chi connectivity index (χ1n) is 10.2. The maximum atomic E-state index is 13.0. The van der Waals surface area contributed by atoms with Crippen LogP contribution >= 0.6 is 0 Å². The molecule has 0 N–H and O–H groups in total. The van der Waals surface area contributed by atoms with Gasteiger partial charge in [0.25, 0.3) is 5.91 Å². The van der Waals surface area contributed by atoms with E-state index in [0.29, 0.717) is 18.7 Å². The van der Waals surface area contributed by atoms with Gasteiger partial charge in [0.15, 0.2) is 15.9 Å². The minimum Gasteiger partial charge on any atom is -0.481 e. The Balaban J connectivity index is 1.67. The highest BCUT2D eigenvalue weighted by Crippen LogP contribution is 2.24. The van der Waals surface area contributed by atoms with Crippen molar-refractivity contribution in [2.45, 2.75) is 45.3 Å². The summed E-state index contributed by atoms with van der Waals surface area (Å²) in [5.74, 6) is 0.692. The van der Waals surface area contributed by atoms with Crippen molar-refractivity contribution in [3.63, 3.8) is 0 Å². The van der Waals surface area contributed by atoms with Gasteiger partial charge in [-0.1, -0.05) is 55.8 Å². The molecule has 0 bridgehead atoms. The van der Waals surface area contributed by atoms with Gasteiger partial charge in [0.2, 0.25) is 0 Å². The predicted molar refractivity (Wildman–Crippen MR) is 116 cm³/mol. The minimum atomic E-state index is -3.05. The van der Waals surface area contributed by atoms with Gasteiger partial charge >= 0.3 is 0 Å². The molecule has 0 aromatic heterocycles. The van der Waals surface area contributed by atoms with Crippen LogP contribution in [0.25, 0.3) is 11.1 Å². The van der Waals surface area contributed by atoms with Crippen molar-refractivity contribution in [1.82, 2.24) is 4.90 Å². The molecule has 0 spiro atoms. The molecule has 29 heavy (non-hydrogen) atoms. The smallest absolute Gasteiger partial charge is 0.263 e. The number of carbonyl (C=O) groups is 1. The van der Waals surface area contributed by atoms with Gasteiger partial charge < -0.3 is 9.64 Å². The Morgan fingerprint density at radius 3 is 2.34 bits per heavy atom. The van der Waals surface area contributed by atoms with E-state index in [-0.39, 0.29) is 23.5 Å². The Labute approximate surface area is 173 Å². The third kappa shape index (κ3) is 5.60. The van der Waals surface area contributed by atoms with Gasteiger partial charge in [-0.15, -0.1) is 0 Å². The summed E-state index contributed by atoms with van der Waals surface area (Å²) >= 11 is 0. The van der Waals surface area contributed by atoms with Crippen molar-refractivity contribution in [2.24, 2.45) is 0 Å². The molecule has 156 valence electrons. The summed E-state index contributed by atoms with van der Waals surface area (Å²) in [4.78, 5) is 14.8. The normalized spacial score (nSPS) is 18.9. The second-order valence-electron chi connectivity index (χ2n) is 7.59. The molecule has 1 aliphatic heterocycles. The number of nitrogens with zero attached hydrogens (tertiary/aromatic N) is 1. The molecule has 2 atom stereocenters. The molecule has 1 saturated heterocycles. The summed E-state index contributed by atoms with van der Waals surface area (Å²) in [6, 6.07) is 17.5. The second kappa shape index (κ2) is 9.44. The lowest BCUT2D eigenvalue weighted by atomic mass is 10.1. The van der Waals surface area contributed by atoms with E-state index >= 15 is 0 Å². The van der Waals surface area contributed by atoms with Gasteiger partial charge in [0.05, 0.1) is 11.5 Å². The molecule has 1 heterocycles. The molecule has 1 aliphatic rings. The zero-order valence-corrected chi connectivity index (χ0v) is 17.9. The van der Waals surface area contributed by atoms with E-state index in [1.807, 2.05) is 54.6 Å². The maximum Gasteiger partial charge on any atom is 0.263 e. The van der Waals surface area contributed by atoms with Crippen LogP contribution in [0.2, 0.25) is 0 Å². The van der Waals surface area contributed by atoms with Crippen LogP contribution in [0.4, 0.5) is 0 Å². The van der Waals surface area contributed by atoms with Crippen LogP contribution in [0.15, 0.2) is 54.6 Å². The molecule has 2 aromatic carbocycles. The number of benzene rings is 2. The van der Waals surface area contributed by atoms with Gasteiger partial charge in [-0.25, -0.2) is 8.42 Å². The highest BCUT2D eigenvalue weighted by molar-refractivity contribution is 7.91. The van der Waals surface area contributed by atoms with Gasteiger partial charge in [0.1, 0.15) is 5.75 Å². The van der Waals surface area contributed by atoms with E-state index in [1.165, 1.54) is 0 Å². The molecule has 0 aliphatic carbocycles. The number of sulfone groups is 1. The van der Waals surface area contributed by atoms with Crippen LogP contribution in [0.3, 0.4) is 0 Å². The SMILES string of the molecule is CCCCN(C(=O)C(C)Oc1ccc(-c2ccccc2)cc1)C1CCS(=O)(=O)C1. The molecular weight excluding hydrogens is 386 g/mol. The summed E-state index contributed by atoms with van der Waals surface area (Å²) in [6.07, 6.45) is 1.63. The third-order valence-electron chi connectivity index (χ3n) is 5.31. The fraction of sp³-hybridized carbons (Fsp3) is 0.435. The summed E-state index contributed by atoms with van der Waals surface area (Å²) in [7, 11) is -3.05. The van der Waals surface area contributed by atoms with Crippen molar-refractivity contribution in [3.8, 4) is 16.9 Å². The standard InChI is InChI=1S/C23H29NO4S/c1-3-4-15-24(21-14-16-29(26,27)17-21)23(25)18(2)28-22-12-10-20(11-13-22)19-8-6-5-7-9-19/h5-13,18,21H,3-4,14-17H2,1-2H3. The van der Waals surface area contributed by atoms with E-state index in [0.717, 1.165) is 24.0 Å². The van der Waals surface area contributed by atoms with Gasteiger partial charge in [-0.2, -0.15) is 0 Å². The second-order valence-corrected chi connectivity index (χ2v) is 9.82. The lowest BCUT2D eigenvalue weighted by Crippen LogP contribution is -2.47. The van der Waals surface area contributed by atoms with Crippen molar-refractivity contribution < 1.29 is 17.9 Å². The third-order valence-corrected chi connectivity index (χ3v) is 7.06. The van der Waals surface area contributed by atoms with E-state index < -0.39 is 15.9 Å². The molecule has 0 saturated carbocycles. The highest BCUT2D eigenvalue weighted by atomic mass is 32.2. The quantitative estimate of drug-likeness (QED) is 0.655. The molecular formula is C23H29NO4S. The summed E-state index contributed by atoms with van der Waals surface area (Å²) in [5, 5.41) is 0. The zero-order valence-electron chi connectivity index (χ0n) is 17.1. The van der Waals surface area contributed by atoms with E-state index in [1.54, 1.807) is 11.8 Å². The summed E-state index contributed by atoms with van der Waals surface area (Å²) in [6.45, 7) is 4.36. The first-order valence-corrected chi connectivity index (χ1v) is 12.0. The monoisotopic (exact) mass is 415 g/mol. The lowest BCUT2D eigenvalue weighted by Gasteiger charge is -2.30. The zero-order chi connectivity index (χ0) is 20.9. The molecule has 1 fully saturated rings. The van der Waals surface area contributed by atoms with E-state index in [2.05, 4.69) is 6.92 Å². The number of hydrogen-bond donors (Lipinski definition) is 0. The molecule has 2 aromatic rings. The molecule has 0 radical (unpaired) electrons. The number of hydrogen-bond acceptors (Lipinski definition) is 4. The summed E-state index contributed by atoms with van der Waals surface area (Å²) < 4.78 is 29.7. The average Bonchev–Trinajstić information content (AvgIpc) is 3.08. The van der Waals surface area contributed by atoms with Crippen LogP contribution in [0.5, 0.6) is 5.75 Å². The average molecular weight is 416 g/mol. The topological polar surface area (TPSA) is 63.7 Å². The Kier molecular flexibility index (Phi) is 6.96. The van der Waals surface area contributed by atoms with Crippen LogP contribution in [-0.2, 0) is 14.6 Å². The lowest BCUT2D eigenvalue weighted by molar-refractivity contribution is -0.140. The molecule has 6 heteroatoms. The molecule has 1 amide bonds. The van der Waals surface area contributed by atoms with Crippen molar-refractivity contribution in [1.29, 1.82) is 0 Å². The van der Waals surface area contributed by atoms with E-state index in [9.17, 15) is 13.2 Å². The number of rotatable bonds is 8. The van der Waals surface area contributed by atoms with Crippen LogP contribution in [0.1, 0.15) is 33.1 Å². The maximum absolute atomic E-state index is 13.0. The van der Waals surface area contributed by atoms with Gasteiger partial charge in [0, 0.05) is 12.6 Å². The van der Waals surface area contributed by atoms with E-state index in [4.69, 9.17) is 4.74 Å². The highest BCUT2D eigenvalue weighted by Gasteiger charge is 2.36. The number of unbranched alkanes of at least 4 members (excludes halogenated alkanes) is 1. The minimum absolute atomic E-state index is 0.0565. The number of amides is 1. The molecule has 3 rings (SSSR count). The number of ether oxygens (including phenoxy) is 1. The molecule has 2 unspecified atom stereocenters. The fourth-order valence-corrected chi connectivity index (χ4v) is 5.40. The Morgan fingerprint density at radius 1 is 1.10 bits per heavy atom. The van der Waals surface area contributed by atoms with Crippen LogP contribution in [0, 0.1) is 0 Å². The molecule has 5 nitrogen and oxygen atoms in total. The Hall–Kier alpha value is -2.34. The Bertz CT molecular complexity index is 910. The Morgan fingerprint density at radius 2 is 1.76 bits per heavy atom. The number of carbonyl (C=O) groups excluding carboxylic acids is 1. The largest absolute Gasteiger partial charge is 0.481 e. The van der Waals surface area contributed by atoms with Crippen molar-refractivity contribution in [3.05, 3.63) is 54.6 Å². The predicted octanol–water partition coefficient (Wildman–Crippen LogP) is 3.94. The van der Waals surface area contributed by atoms with Gasteiger partial charge in [-0.05, 0) is 43.0 Å². The first kappa shape index (κ1) is 21.4. The first-order chi connectivity index (χ1) is 13.9. The van der Waals surface area contributed by atoms with Crippen molar-refractivity contribution >= 4 is 15.7 Å². The van der Waals surface area contributed by atoms with Crippen molar-refractivity contribution in [2.75, 3.05) is 18.1 Å². The van der Waals surface area contributed by atoms with Crippen LogP contribution in [-0.4, -0.2) is 49.4 Å². The van der Waals surface area contributed by atoms with Crippen LogP contribution < -0.4 is 4.74 Å².